The molecule has 0 saturated carbocycles. The Morgan fingerprint density at radius 1 is 1.23 bits per heavy atom. The van der Waals surface area contributed by atoms with Crippen LogP contribution < -0.4 is 9.64 Å². The molecule has 0 unspecified atom stereocenters. The summed E-state index contributed by atoms with van der Waals surface area (Å²) in [7, 11) is 1.68. The van der Waals surface area contributed by atoms with E-state index >= 15 is 0 Å². The fourth-order valence-electron chi connectivity index (χ4n) is 2.61. The number of rotatable bonds is 3. The molecule has 5 heteroatoms. The topological polar surface area (TPSA) is 15.5 Å². The maximum atomic E-state index is 6.61. The van der Waals surface area contributed by atoms with Crippen LogP contribution in [0.3, 0.4) is 0 Å². The molecule has 0 aliphatic carbocycles. The van der Waals surface area contributed by atoms with Crippen LogP contribution in [0.15, 0.2) is 42.5 Å². The summed E-state index contributed by atoms with van der Waals surface area (Å²) in [6.07, 6.45) is 0. The summed E-state index contributed by atoms with van der Waals surface area (Å²) in [5, 5.41) is 0.685. The molecule has 0 aromatic heterocycles. The van der Waals surface area contributed by atoms with Crippen LogP contribution >= 0.6 is 11.6 Å². The van der Waals surface area contributed by atoms with Gasteiger partial charge in [-0.2, -0.15) is 18.2 Å². The first-order valence-electron chi connectivity index (χ1n) is 6.90. The number of nitrogens with zero attached hydrogens (tertiary/aromatic N) is 2. The minimum Gasteiger partial charge on any atom is -0.492 e. The number of anilines is 1. The van der Waals surface area contributed by atoms with Crippen LogP contribution in [0.4, 0.5) is 11.4 Å². The van der Waals surface area contributed by atoms with Gasteiger partial charge in [-0.25, -0.2) is 9.48 Å². The van der Waals surface area contributed by atoms with E-state index in [1.165, 1.54) is 0 Å². The van der Waals surface area contributed by atoms with Gasteiger partial charge in [0.15, 0.2) is 11.4 Å². The van der Waals surface area contributed by atoms with Crippen LogP contribution in [0.25, 0.3) is 0 Å². The van der Waals surface area contributed by atoms with Gasteiger partial charge < -0.3 is 4.74 Å². The van der Waals surface area contributed by atoms with Crippen molar-refractivity contribution in [2.24, 2.45) is 0 Å². The molecule has 0 fully saturated rings. The molecule has 2 aromatic carbocycles. The van der Waals surface area contributed by atoms with E-state index in [0.717, 1.165) is 35.8 Å². The van der Waals surface area contributed by atoms with Crippen molar-refractivity contribution in [2.45, 2.75) is 6.92 Å². The first-order valence-corrected chi connectivity index (χ1v) is 7.28. The van der Waals surface area contributed by atoms with Gasteiger partial charge in [-0.1, -0.05) is 19.1 Å². The van der Waals surface area contributed by atoms with Crippen molar-refractivity contribution in [2.75, 3.05) is 25.1 Å². The average Bonchev–Trinajstić information content (AvgIpc) is 2.89. The van der Waals surface area contributed by atoms with Gasteiger partial charge >= 0.3 is 5.29 Å². The van der Waals surface area contributed by atoms with Gasteiger partial charge in [-0.05, 0) is 12.1 Å². The zero-order valence-electron chi connectivity index (χ0n) is 12.7. The molecular formula is C17H17ClN2OPr. The quantitative estimate of drug-likeness (QED) is 0.411. The van der Waals surface area contributed by atoms with Crippen molar-refractivity contribution in [3.8, 4) is 5.75 Å². The van der Waals surface area contributed by atoms with Crippen molar-refractivity contribution in [3.63, 3.8) is 0 Å². The molecule has 1 aliphatic rings. The molecule has 1 radical (unpaired) electrons. The predicted molar refractivity (Wildman–Crippen MR) is 86.0 cm³/mol. The third-order valence-electron chi connectivity index (χ3n) is 3.67. The van der Waals surface area contributed by atoms with E-state index in [0.29, 0.717) is 5.29 Å². The van der Waals surface area contributed by atoms with Crippen LogP contribution in [0.5, 0.6) is 5.75 Å². The molecule has 111 valence electrons. The Balaban J connectivity index is 0.00000176. The SMILES string of the molecule is COc1ccccc1[N+]1=C(Cl)N(c2[c-]cccc2C)CC1.[Pr]. The summed E-state index contributed by atoms with van der Waals surface area (Å²) in [6.45, 7) is 3.72. The second-order valence-corrected chi connectivity index (χ2v) is 5.28. The third-order valence-corrected chi connectivity index (χ3v) is 4.08. The number of hydrogen-bond acceptors (Lipinski definition) is 2. The minimum absolute atomic E-state index is 0. The van der Waals surface area contributed by atoms with Gasteiger partial charge in [-0.3, -0.25) is 0 Å². The van der Waals surface area contributed by atoms with E-state index in [4.69, 9.17) is 16.3 Å². The third kappa shape index (κ3) is 3.32. The summed E-state index contributed by atoms with van der Waals surface area (Å²) in [6, 6.07) is 17.2. The second-order valence-electron chi connectivity index (χ2n) is 4.95. The maximum absolute atomic E-state index is 6.61. The van der Waals surface area contributed by atoms with Gasteiger partial charge in [0.1, 0.15) is 13.1 Å². The van der Waals surface area contributed by atoms with E-state index in [1.807, 2.05) is 36.4 Å². The van der Waals surface area contributed by atoms with Gasteiger partial charge in [0.05, 0.1) is 7.11 Å². The zero-order chi connectivity index (χ0) is 14.8. The van der Waals surface area contributed by atoms with Gasteiger partial charge in [0, 0.05) is 58.6 Å². The molecule has 0 spiro atoms. The summed E-state index contributed by atoms with van der Waals surface area (Å²) < 4.78 is 7.50. The molecule has 22 heavy (non-hydrogen) atoms. The van der Waals surface area contributed by atoms with E-state index in [1.54, 1.807) is 7.11 Å². The van der Waals surface area contributed by atoms with Crippen LogP contribution in [0.2, 0.25) is 0 Å². The number of benzene rings is 2. The standard InChI is InChI=1S/C17H17ClN2O.Pr/c1-13-7-3-4-8-14(13)19-11-12-20(17(19)18)15-9-5-6-10-16(15)21-2;/h3-7,9-10H,11-12H2,1-2H3;. The molecule has 0 bridgehead atoms. The monoisotopic (exact) mass is 441 g/mol. The predicted octanol–water partition coefficient (Wildman–Crippen LogP) is 3.56. The molecule has 2 aromatic rings. The van der Waals surface area contributed by atoms with Crippen molar-refractivity contribution < 1.29 is 50.6 Å². The molecule has 1 aliphatic heterocycles. The molecule has 0 N–H and O–H groups in total. The molecule has 3 rings (SSSR count). The number of methoxy groups -OCH3 is 1. The molecule has 1 heterocycles. The van der Waals surface area contributed by atoms with E-state index in [-0.39, 0.29) is 41.3 Å². The maximum Gasteiger partial charge on any atom is 0.354 e. The van der Waals surface area contributed by atoms with Crippen molar-refractivity contribution in [1.82, 2.24) is 0 Å². The average molecular weight is 442 g/mol. The molecule has 0 saturated heterocycles. The molecule has 3 nitrogen and oxygen atoms in total. The van der Waals surface area contributed by atoms with Crippen LogP contribution in [0, 0.1) is 54.3 Å². The zero-order valence-corrected chi connectivity index (χ0v) is 17.2. The second kappa shape index (κ2) is 7.76. The number of halogens is 1. The Labute approximate surface area is 169 Å². The molecule has 0 atom stereocenters. The van der Waals surface area contributed by atoms with E-state index in [9.17, 15) is 0 Å². The van der Waals surface area contributed by atoms with Gasteiger partial charge in [0.25, 0.3) is 0 Å². The summed E-state index contributed by atoms with van der Waals surface area (Å²) in [5.41, 5.74) is 3.18. The van der Waals surface area contributed by atoms with Crippen molar-refractivity contribution in [1.29, 1.82) is 0 Å². The Morgan fingerprint density at radius 2 is 2.00 bits per heavy atom. The van der Waals surface area contributed by atoms with Gasteiger partial charge in [-0.15, -0.1) is 11.6 Å². The smallest absolute Gasteiger partial charge is 0.354 e. The summed E-state index contributed by atoms with van der Waals surface area (Å²) >= 11 is 6.61. The number of amidine groups is 1. The fourth-order valence-corrected chi connectivity index (χ4v) is 2.95. The Hall–Kier alpha value is -0.636. The fraction of sp³-hybridized carbons (Fsp3) is 0.235. The summed E-state index contributed by atoms with van der Waals surface area (Å²) in [5.74, 6) is 0.825. The number of hydrogen-bond donors (Lipinski definition) is 0. The number of aryl methyl sites for hydroxylation is 1. The molecular weight excluding hydrogens is 425 g/mol. The molecule has 0 amide bonds. The minimum atomic E-state index is 0. The van der Waals surface area contributed by atoms with Crippen LogP contribution in [-0.4, -0.2) is 30.1 Å². The Kier molecular flexibility index (Phi) is 6.25. The first-order chi connectivity index (χ1) is 10.2. The Bertz CT molecular complexity index is 703. The number of ether oxygens (including phenoxy) is 1. The first kappa shape index (κ1) is 17.7. The van der Waals surface area contributed by atoms with E-state index in [2.05, 4.69) is 28.5 Å². The Morgan fingerprint density at radius 3 is 2.73 bits per heavy atom. The van der Waals surface area contributed by atoms with Crippen molar-refractivity contribution in [3.05, 3.63) is 54.1 Å². The van der Waals surface area contributed by atoms with Crippen molar-refractivity contribution >= 4 is 28.3 Å². The van der Waals surface area contributed by atoms with Crippen LogP contribution in [-0.2, 0) is 0 Å². The van der Waals surface area contributed by atoms with Crippen LogP contribution in [0.1, 0.15) is 5.56 Å². The van der Waals surface area contributed by atoms with E-state index < -0.39 is 0 Å². The normalized spacial score (nSPS) is 14.0. The summed E-state index contributed by atoms with van der Waals surface area (Å²) in [4.78, 5) is 2.09. The number of para-hydroxylation sites is 3. The van der Waals surface area contributed by atoms with Gasteiger partial charge in [0.2, 0.25) is 0 Å². The largest absolute Gasteiger partial charge is 0.492 e.